The van der Waals surface area contributed by atoms with Crippen LogP contribution in [-0.4, -0.2) is 7.11 Å². The van der Waals surface area contributed by atoms with Crippen LogP contribution < -0.4 is 4.74 Å². The molecule has 0 atom stereocenters. The number of halogens is 1. The van der Waals surface area contributed by atoms with Crippen LogP contribution in [0.5, 0.6) is 5.75 Å². The Morgan fingerprint density at radius 3 is 2.46 bits per heavy atom. The van der Waals surface area contributed by atoms with Gasteiger partial charge in [-0.15, -0.1) is 0 Å². The molecule has 0 heterocycles. The highest BCUT2D eigenvalue weighted by molar-refractivity contribution is 9.10. The Balaban J connectivity index is 3.53. The van der Waals surface area contributed by atoms with Gasteiger partial charge in [-0.25, -0.2) is 0 Å². The second kappa shape index (κ2) is 3.80. The largest absolute Gasteiger partial charge is 0.494 e. The third-order valence-corrected chi connectivity index (χ3v) is 2.90. The predicted molar refractivity (Wildman–Crippen MR) is 54.9 cm³/mol. The van der Waals surface area contributed by atoms with E-state index in [1.54, 1.807) is 7.11 Å². The molecule has 0 radical (unpaired) electrons. The maximum absolute atomic E-state index is 8.89. The topological polar surface area (TPSA) is 33.0 Å². The summed E-state index contributed by atoms with van der Waals surface area (Å²) in [5.74, 6) is 0.625. The summed E-state index contributed by atoms with van der Waals surface area (Å²) in [6, 6.07) is 4.09. The van der Waals surface area contributed by atoms with Gasteiger partial charge in [0.15, 0.2) is 5.75 Å². The van der Waals surface area contributed by atoms with Gasteiger partial charge < -0.3 is 4.74 Å². The minimum absolute atomic E-state index is 0.597. The average molecular weight is 240 g/mol. The number of nitrogens with zero attached hydrogens (tertiary/aromatic N) is 1. The lowest BCUT2D eigenvalue weighted by Gasteiger charge is -2.10. The molecule has 2 nitrogen and oxygen atoms in total. The fourth-order valence-electron chi connectivity index (χ4n) is 1.26. The van der Waals surface area contributed by atoms with Gasteiger partial charge in [-0.2, -0.15) is 5.26 Å². The molecule has 0 bridgehead atoms. The first kappa shape index (κ1) is 10.1. The molecule has 0 aromatic heterocycles. The molecular weight excluding hydrogens is 230 g/mol. The fourth-order valence-corrected chi connectivity index (χ4v) is 1.73. The highest BCUT2D eigenvalue weighted by Crippen LogP contribution is 2.33. The molecule has 3 heteroatoms. The lowest BCUT2D eigenvalue weighted by molar-refractivity contribution is 0.410. The summed E-state index contributed by atoms with van der Waals surface area (Å²) >= 11 is 3.39. The maximum Gasteiger partial charge on any atom is 0.151 e. The second-order valence-corrected chi connectivity index (χ2v) is 3.64. The van der Waals surface area contributed by atoms with Crippen LogP contribution in [0.25, 0.3) is 0 Å². The molecule has 1 aromatic carbocycles. The lowest BCUT2D eigenvalue weighted by Crippen LogP contribution is -1.94. The molecule has 0 saturated carbocycles. The Kier molecular flexibility index (Phi) is 2.94. The van der Waals surface area contributed by atoms with E-state index in [0.717, 1.165) is 15.6 Å². The third kappa shape index (κ3) is 1.68. The Hall–Kier alpha value is -1.01. The molecule has 0 spiro atoms. The fraction of sp³-hybridized carbons (Fsp3) is 0.300. The second-order valence-electron chi connectivity index (χ2n) is 2.84. The van der Waals surface area contributed by atoms with E-state index in [0.29, 0.717) is 11.3 Å². The maximum atomic E-state index is 8.89. The van der Waals surface area contributed by atoms with Gasteiger partial charge in [-0.3, -0.25) is 0 Å². The molecule has 0 aliphatic heterocycles. The van der Waals surface area contributed by atoms with Crippen LogP contribution in [0.15, 0.2) is 10.5 Å². The van der Waals surface area contributed by atoms with E-state index in [9.17, 15) is 0 Å². The Morgan fingerprint density at radius 2 is 2.00 bits per heavy atom. The van der Waals surface area contributed by atoms with Crippen molar-refractivity contribution in [2.45, 2.75) is 13.8 Å². The molecule has 1 rings (SSSR count). The number of aryl methyl sites for hydroxylation is 2. The summed E-state index contributed by atoms with van der Waals surface area (Å²) in [7, 11) is 1.57. The monoisotopic (exact) mass is 239 g/mol. The molecule has 0 saturated heterocycles. The van der Waals surface area contributed by atoms with Gasteiger partial charge in [-0.1, -0.05) is 6.07 Å². The van der Waals surface area contributed by atoms with Crippen LogP contribution in [0.1, 0.15) is 16.7 Å². The Morgan fingerprint density at radius 1 is 1.38 bits per heavy atom. The summed E-state index contributed by atoms with van der Waals surface area (Å²) in [6.07, 6.45) is 0. The molecule has 0 aliphatic carbocycles. The van der Waals surface area contributed by atoms with Crippen LogP contribution in [0.4, 0.5) is 0 Å². The summed E-state index contributed by atoms with van der Waals surface area (Å²) < 4.78 is 6.02. The van der Waals surface area contributed by atoms with E-state index >= 15 is 0 Å². The van der Waals surface area contributed by atoms with Crippen LogP contribution in [0.3, 0.4) is 0 Å². The van der Waals surface area contributed by atoms with Crippen molar-refractivity contribution in [1.29, 1.82) is 5.26 Å². The lowest BCUT2D eigenvalue weighted by atomic mass is 10.1. The first-order valence-electron chi connectivity index (χ1n) is 3.85. The van der Waals surface area contributed by atoms with E-state index in [4.69, 9.17) is 10.00 Å². The summed E-state index contributed by atoms with van der Waals surface area (Å²) in [5, 5.41) is 8.89. The van der Waals surface area contributed by atoms with Gasteiger partial charge in [0, 0.05) is 0 Å². The number of hydrogen-bond acceptors (Lipinski definition) is 2. The van der Waals surface area contributed by atoms with E-state index in [-0.39, 0.29) is 0 Å². The molecule has 0 N–H and O–H groups in total. The zero-order chi connectivity index (χ0) is 10.0. The third-order valence-electron chi connectivity index (χ3n) is 1.92. The van der Waals surface area contributed by atoms with Crippen LogP contribution in [-0.2, 0) is 0 Å². The number of methoxy groups -OCH3 is 1. The number of nitriles is 1. The van der Waals surface area contributed by atoms with Crippen molar-refractivity contribution in [2.75, 3.05) is 7.11 Å². The number of ether oxygens (including phenoxy) is 1. The number of benzene rings is 1. The summed E-state index contributed by atoms with van der Waals surface area (Å²) in [5.41, 5.74) is 2.62. The first-order chi connectivity index (χ1) is 6.11. The minimum Gasteiger partial charge on any atom is -0.494 e. The van der Waals surface area contributed by atoms with E-state index < -0.39 is 0 Å². The predicted octanol–water partition coefficient (Wildman–Crippen LogP) is 2.95. The SMILES string of the molecule is COc1c(Br)c(C)cc(C)c1C#N. The Bertz CT molecular complexity index is 379. The molecule has 0 aliphatic rings. The molecule has 68 valence electrons. The van der Waals surface area contributed by atoms with E-state index in [2.05, 4.69) is 22.0 Å². The summed E-state index contributed by atoms with van der Waals surface area (Å²) in [6.45, 7) is 3.88. The van der Waals surface area contributed by atoms with Gasteiger partial charge in [0.2, 0.25) is 0 Å². The van der Waals surface area contributed by atoms with Crippen molar-refractivity contribution in [3.63, 3.8) is 0 Å². The highest BCUT2D eigenvalue weighted by Gasteiger charge is 2.12. The summed E-state index contributed by atoms with van der Waals surface area (Å²) in [4.78, 5) is 0. The van der Waals surface area contributed by atoms with Crippen molar-refractivity contribution in [2.24, 2.45) is 0 Å². The van der Waals surface area contributed by atoms with Crippen molar-refractivity contribution in [3.8, 4) is 11.8 Å². The van der Waals surface area contributed by atoms with Crippen molar-refractivity contribution < 1.29 is 4.74 Å². The molecule has 0 amide bonds. The number of rotatable bonds is 1. The standard InChI is InChI=1S/C10H10BrNO/c1-6-4-7(2)9(11)10(13-3)8(6)5-12/h4H,1-3H3. The van der Waals surface area contributed by atoms with Gasteiger partial charge >= 0.3 is 0 Å². The molecular formula is C10H10BrNO. The average Bonchev–Trinajstić information content (AvgIpc) is 2.10. The molecule has 13 heavy (non-hydrogen) atoms. The molecule has 0 unspecified atom stereocenters. The van der Waals surface area contributed by atoms with Crippen molar-refractivity contribution in [3.05, 3.63) is 27.2 Å². The van der Waals surface area contributed by atoms with Crippen molar-refractivity contribution in [1.82, 2.24) is 0 Å². The normalized spacial score (nSPS) is 9.46. The van der Waals surface area contributed by atoms with Crippen molar-refractivity contribution >= 4 is 15.9 Å². The highest BCUT2D eigenvalue weighted by atomic mass is 79.9. The zero-order valence-corrected chi connectivity index (χ0v) is 9.40. The molecule has 0 fully saturated rings. The van der Waals surface area contributed by atoms with Gasteiger partial charge in [0.25, 0.3) is 0 Å². The van der Waals surface area contributed by atoms with Crippen LogP contribution in [0.2, 0.25) is 0 Å². The van der Waals surface area contributed by atoms with Gasteiger partial charge in [0.1, 0.15) is 6.07 Å². The first-order valence-corrected chi connectivity index (χ1v) is 4.65. The minimum atomic E-state index is 0.597. The van der Waals surface area contributed by atoms with Gasteiger partial charge in [0.05, 0.1) is 17.1 Å². The number of hydrogen-bond donors (Lipinski definition) is 0. The Labute approximate surface area is 86.3 Å². The van der Waals surface area contributed by atoms with E-state index in [1.165, 1.54) is 0 Å². The smallest absolute Gasteiger partial charge is 0.151 e. The molecule has 1 aromatic rings. The van der Waals surface area contributed by atoms with Crippen LogP contribution >= 0.6 is 15.9 Å². The van der Waals surface area contributed by atoms with Gasteiger partial charge in [-0.05, 0) is 40.9 Å². The van der Waals surface area contributed by atoms with Crippen LogP contribution in [0, 0.1) is 25.2 Å². The quantitative estimate of drug-likeness (QED) is 0.755. The zero-order valence-electron chi connectivity index (χ0n) is 7.81. The van der Waals surface area contributed by atoms with E-state index in [1.807, 2.05) is 19.9 Å².